The number of hydrogen-bond donors (Lipinski definition) is 2. The molecule has 0 unspecified atom stereocenters. The third-order valence-corrected chi connectivity index (χ3v) is 2.15. The number of hydrogen-bond acceptors (Lipinski definition) is 4. The van der Waals surface area contributed by atoms with E-state index < -0.39 is 11.6 Å². The van der Waals surface area contributed by atoms with E-state index >= 15 is 0 Å². The second kappa shape index (κ2) is 3.72. The lowest BCUT2D eigenvalue weighted by Crippen LogP contribution is -2.09. The first-order valence-corrected chi connectivity index (χ1v) is 4.32. The number of anilines is 1. The molecule has 0 fully saturated rings. The van der Waals surface area contributed by atoms with Gasteiger partial charge in [0.25, 0.3) is 0 Å². The number of nitrogen functional groups attached to an aromatic ring is 1. The van der Waals surface area contributed by atoms with Crippen molar-refractivity contribution in [1.82, 2.24) is 4.98 Å². The molecular weight excluding hydrogens is 214 g/mol. The standard InChI is InChI=1S/C10H6F2N4/c11-6-1-7-9(16-14)5(3-13)4-15-10(7)8(12)2-6/h1-2,4H,14H2,(H,15,16). The van der Waals surface area contributed by atoms with E-state index in [9.17, 15) is 8.78 Å². The van der Waals surface area contributed by atoms with Gasteiger partial charge in [-0.3, -0.25) is 10.8 Å². The van der Waals surface area contributed by atoms with Crippen LogP contribution in [0.5, 0.6) is 0 Å². The van der Waals surface area contributed by atoms with Crippen molar-refractivity contribution >= 4 is 16.6 Å². The highest BCUT2D eigenvalue weighted by Crippen LogP contribution is 2.27. The number of aromatic nitrogens is 1. The molecule has 2 aromatic rings. The van der Waals surface area contributed by atoms with Crippen LogP contribution in [0.25, 0.3) is 10.9 Å². The van der Waals surface area contributed by atoms with E-state index in [4.69, 9.17) is 11.1 Å². The number of hydrazine groups is 1. The summed E-state index contributed by atoms with van der Waals surface area (Å²) in [6.07, 6.45) is 1.18. The van der Waals surface area contributed by atoms with Crippen molar-refractivity contribution in [3.63, 3.8) is 0 Å². The van der Waals surface area contributed by atoms with Crippen LogP contribution in [-0.4, -0.2) is 4.98 Å². The largest absolute Gasteiger partial charge is 0.322 e. The second-order valence-electron chi connectivity index (χ2n) is 3.09. The summed E-state index contributed by atoms with van der Waals surface area (Å²) in [5.41, 5.74) is 2.50. The van der Waals surface area contributed by atoms with Gasteiger partial charge in [0.15, 0.2) is 5.82 Å². The number of halogens is 2. The Morgan fingerprint density at radius 2 is 2.12 bits per heavy atom. The van der Waals surface area contributed by atoms with Crippen LogP contribution in [0.2, 0.25) is 0 Å². The normalized spacial score (nSPS) is 10.1. The Labute approximate surface area is 89.3 Å². The zero-order chi connectivity index (χ0) is 11.7. The van der Waals surface area contributed by atoms with E-state index in [-0.39, 0.29) is 22.2 Å². The Morgan fingerprint density at radius 1 is 1.38 bits per heavy atom. The zero-order valence-corrected chi connectivity index (χ0v) is 7.96. The van der Waals surface area contributed by atoms with Gasteiger partial charge in [0.05, 0.1) is 11.3 Å². The Hall–Kier alpha value is -2.26. The molecule has 0 atom stereocenters. The maximum absolute atomic E-state index is 13.3. The monoisotopic (exact) mass is 220 g/mol. The molecule has 0 bridgehead atoms. The molecule has 0 spiro atoms. The van der Waals surface area contributed by atoms with Crippen molar-refractivity contribution < 1.29 is 8.78 Å². The fourth-order valence-corrected chi connectivity index (χ4v) is 1.47. The topological polar surface area (TPSA) is 74.7 Å². The highest BCUT2D eigenvalue weighted by Gasteiger charge is 2.12. The predicted molar refractivity (Wildman–Crippen MR) is 54.2 cm³/mol. The van der Waals surface area contributed by atoms with E-state index in [0.717, 1.165) is 12.1 Å². The van der Waals surface area contributed by atoms with Gasteiger partial charge < -0.3 is 5.43 Å². The van der Waals surface area contributed by atoms with Gasteiger partial charge in [-0.2, -0.15) is 5.26 Å². The van der Waals surface area contributed by atoms with E-state index in [2.05, 4.69) is 10.4 Å². The lowest BCUT2D eigenvalue weighted by Gasteiger charge is -2.07. The number of nitrogens with one attached hydrogen (secondary N) is 1. The Balaban J connectivity index is 2.93. The van der Waals surface area contributed by atoms with Crippen LogP contribution >= 0.6 is 0 Å². The highest BCUT2D eigenvalue weighted by molar-refractivity contribution is 5.94. The number of benzene rings is 1. The van der Waals surface area contributed by atoms with E-state index in [1.54, 1.807) is 0 Å². The number of fused-ring (bicyclic) bond motifs is 1. The molecule has 1 heterocycles. The molecule has 1 aromatic carbocycles. The smallest absolute Gasteiger partial charge is 0.152 e. The van der Waals surface area contributed by atoms with Crippen molar-refractivity contribution in [2.45, 2.75) is 0 Å². The number of nitriles is 1. The molecule has 0 aliphatic rings. The molecular formula is C10H6F2N4. The number of pyridine rings is 1. The van der Waals surface area contributed by atoms with Crippen LogP contribution in [0.4, 0.5) is 14.5 Å². The molecule has 16 heavy (non-hydrogen) atoms. The Bertz CT molecular complexity index is 604. The van der Waals surface area contributed by atoms with Gasteiger partial charge in [-0.1, -0.05) is 0 Å². The van der Waals surface area contributed by atoms with Crippen LogP contribution < -0.4 is 11.3 Å². The van der Waals surface area contributed by atoms with Gasteiger partial charge in [0.2, 0.25) is 0 Å². The molecule has 0 aliphatic heterocycles. The SMILES string of the molecule is N#Cc1cnc2c(F)cc(F)cc2c1NN. The number of nitrogens with two attached hydrogens (primary N) is 1. The second-order valence-corrected chi connectivity index (χ2v) is 3.09. The summed E-state index contributed by atoms with van der Waals surface area (Å²) in [4.78, 5) is 3.74. The number of nitrogens with zero attached hydrogens (tertiary/aromatic N) is 2. The van der Waals surface area contributed by atoms with Gasteiger partial charge in [-0.05, 0) is 6.07 Å². The third kappa shape index (κ3) is 1.43. The molecule has 4 nitrogen and oxygen atoms in total. The molecule has 6 heteroatoms. The van der Waals surface area contributed by atoms with Gasteiger partial charge in [-0.15, -0.1) is 0 Å². The van der Waals surface area contributed by atoms with E-state index in [0.29, 0.717) is 0 Å². The number of rotatable bonds is 1. The molecule has 80 valence electrons. The molecule has 0 radical (unpaired) electrons. The van der Waals surface area contributed by atoms with Crippen LogP contribution in [0.15, 0.2) is 18.3 Å². The van der Waals surface area contributed by atoms with Gasteiger partial charge >= 0.3 is 0 Å². The first-order chi connectivity index (χ1) is 7.67. The fourth-order valence-electron chi connectivity index (χ4n) is 1.47. The van der Waals surface area contributed by atoms with Gasteiger partial charge in [0.1, 0.15) is 17.4 Å². The Kier molecular flexibility index (Phi) is 2.38. The van der Waals surface area contributed by atoms with Crippen molar-refractivity contribution in [3.8, 4) is 6.07 Å². The van der Waals surface area contributed by atoms with Crippen LogP contribution in [0, 0.1) is 23.0 Å². The minimum Gasteiger partial charge on any atom is -0.322 e. The van der Waals surface area contributed by atoms with Crippen molar-refractivity contribution in [3.05, 3.63) is 35.5 Å². The summed E-state index contributed by atoms with van der Waals surface area (Å²) >= 11 is 0. The maximum atomic E-state index is 13.3. The average molecular weight is 220 g/mol. The summed E-state index contributed by atoms with van der Waals surface area (Å²) in [5.74, 6) is 3.67. The first kappa shape index (κ1) is 10.3. The lowest BCUT2D eigenvalue weighted by molar-refractivity contribution is 0.590. The highest BCUT2D eigenvalue weighted by atomic mass is 19.1. The van der Waals surface area contributed by atoms with Crippen LogP contribution in [0.3, 0.4) is 0 Å². The molecule has 0 amide bonds. The zero-order valence-electron chi connectivity index (χ0n) is 7.96. The van der Waals surface area contributed by atoms with Crippen LogP contribution in [0.1, 0.15) is 5.56 Å². The van der Waals surface area contributed by atoms with E-state index in [1.807, 2.05) is 6.07 Å². The van der Waals surface area contributed by atoms with E-state index in [1.165, 1.54) is 6.20 Å². The summed E-state index contributed by atoms with van der Waals surface area (Å²) in [6, 6.07) is 3.62. The summed E-state index contributed by atoms with van der Waals surface area (Å²) in [5, 5.41) is 8.91. The maximum Gasteiger partial charge on any atom is 0.152 e. The van der Waals surface area contributed by atoms with Gasteiger partial charge in [0, 0.05) is 17.6 Å². The van der Waals surface area contributed by atoms with Gasteiger partial charge in [-0.25, -0.2) is 8.78 Å². The quantitative estimate of drug-likeness (QED) is 0.566. The third-order valence-electron chi connectivity index (χ3n) is 2.15. The molecule has 0 saturated heterocycles. The van der Waals surface area contributed by atoms with Crippen molar-refractivity contribution in [2.24, 2.45) is 5.84 Å². The molecule has 3 N–H and O–H groups in total. The summed E-state index contributed by atoms with van der Waals surface area (Å²) in [6.45, 7) is 0. The molecule has 1 aromatic heterocycles. The molecule has 0 saturated carbocycles. The lowest BCUT2D eigenvalue weighted by atomic mass is 10.1. The Morgan fingerprint density at radius 3 is 2.75 bits per heavy atom. The minimum atomic E-state index is -0.795. The molecule has 2 rings (SSSR count). The van der Waals surface area contributed by atoms with Crippen molar-refractivity contribution in [1.29, 1.82) is 5.26 Å². The average Bonchev–Trinajstić information content (AvgIpc) is 2.27. The van der Waals surface area contributed by atoms with Crippen LogP contribution in [-0.2, 0) is 0 Å². The fraction of sp³-hybridized carbons (Fsp3) is 0. The molecule has 0 aliphatic carbocycles. The minimum absolute atomic E-state index is 0.0339. The summed E-state index contributed by atoms with van der Waals surface area (Å²) in [7, 11) is 0. The summed E-state index contributed by atoms with van der Waals surface area (Å²) < 4.78 is 26.4. The first-order valence-electron chi connectivity index (χ1n) is 4.32. The van der Waals surface area contributed by atoms with Crippen molar-refractivity contribution in [2.75, 3.05) is 5.43 Å². The predicted octanol–water partition coefficient (Wildman–Crippen LogP) is 1.67.